The molecule has 0 spiro atoms. The molecule has 1 aliphatic heterocycles. The van der Waals surface area contributed by atoms with Crippen LogP contribution in [0.25, 0.3) is 0 Å². The van der Waals surface area contributed by atoms with E-state index in [9.17, 15) is 9.18 Å². The summed E-state index contributed by atoms with van der Waals surface area (Å²) in [6, 6.07) is 14.7. The number of benzene rings is 2. The zero-order chi connectivity index (χ0) is 14.8. The van der Waals surface area contributed by atoms with Gasteiger partial charge in [0.05, 0.1) is 4.47 Å². The Morgan fingerprint density at radius 2 is 1.95 bits per heavy atom. The fourth-order valence-electron chi connectivity index (χ4n) is 2.75. The molecule has 1 atom stereocenters. The summed E-state index contributed by atoms with van der Waals surface area (Å²) >= 11 is 3.13. The van der Waals surface area contributed by atoms with Crippen molar-refractivity contribution in [3.05, 3.63) is 69.9 Å². The SMILES string of the molecule is O=C(c1ccc(F)c(Br)c1)N1CCC(c2ccccc2)C1. The minimum atomic E-state index is -0.352. The van der Waals surface area contributed by atoms with Crippen molar-refractivity contribution in [1.29, 1.82) is 0 Å². The van der Waals surface area contributed by atoms with E-state index in [1.807, 2.05) is 23.1 Å². The minimum absolute atomic E-state index is 0.0332. The van der Waals surface area contributed by atoms with Crippen molar-refractivity contribution in [3.8, 4) is 0 Å². The summed E-state index contributed by atoms with van der Waals surface area (Å²) in [7, 11) is 0. The molecular weight excluding hydrogens is 333 g/mol. The highest BCUT2D eigenvalue weighted by atomic mass is 79.9. The van der Waals surface area contributed by atoms with E-state index in [0.29, 0.717) is 16.0 Å². The Labute approximate surface area is 131 Å². The van der Waals surface area contributed by atoms with E-state index in [-0.39, 0.29) is 11.7 Å². The van der Waals surface area contributed by atoms with Crippen LogP contribution in [-0.2, 0) is 0 Å². The summed E-state index contributed by atoms with van der Waals surface area (Å²) in [5.74, 6) is 0.00306. The van der Waals surface area contributed by atoms with Gasteiger partial charge in [-0.15, -0.1) is 0 Å². The van der Waals surface area contributed by atoms with Gasteiger partial charge in [-0.25, -0.2) is 4.39 Å². The van der Waals surface area contributed by atoms with Gasteiger partial charge in [0.1, 0.15) is 5.82 Å². The molecule has 2 aromatic carbocycles. The first-order valence-electron chi connectivity index (χ1n) is 6.94. The smallest absolute Gasteiger partial charge is 0.253 e. The summed E-state index contributed by atoms with van der Waals surface area (Å²) in [6.45, 7) is 1.46. The molecule has 1 amide bonds. The Bertz CT molecular complexity index is 659. The molecule has 108 valence electrons. The lowest BCUT2D eigenvalue weighted by Gasteiger charge is -2.17. The van der Waals surface area contributed by atoms with Gasteiger partial charge >= 0.3 is 0 Å². The lowest BCUT2D eigenvalue weighted by atomic mass is 9.99. The van der Waals surface area contributed by atoms with Crippen LogP contribution in [0.3, 0.4) is 0 Å². The highest BCUT2D eigenvalue weighted by Gasteiger charge is 2.28. The second-order valence-corrected chi connectivity index (χ2v) is 6.13. The second-order valence-electron chi connectivity index (χ2n) is 5.28. The number of nitrogens with zero attached hydrogens (tertiary/aromatic N) is 1. The number of amides is 1. The first-order chi connectivity index (χ1) is 10.1. The Morgan fingerprint density at radius 1 is 1.19 bits per heavy atom. The van der Waals surface area contributed by atoms with E-state index in [2.05, 4.69) is 28.1 Å². The highest BCUT2D eigenvalue weighted by Crippen LogP contribution is 2.28. The molecule has 3 rings (SSSR count). The summed E-state index contributed by atoms with van der Waals surface area (Å²) in [5.41, 5.74) is 1.80. The van der Waals surface area contributed by atoms with Crippen molar-refractivity contribution in [2.75, 3.05) is 13.1 Å². The monoisotopic (exact) mass is 347 g/mol. The molecule has 1 unspecified atom stereocenters. The van der Waals surface area contributed by atoms with Crippen LogP contribution in [0, 0.1) is 5.82 Å². The van der Waals surface area contributed by atoms with E-state index >= 15 is 0 Å². The van der Waals surface area contributed by atoms with Crippen molar-refractivity contribution < 1.29 is 9.18 Å². The molecule has 0 bridgehead atoms. The topological polar surface area (TPSA) is 20.3 Å². The van der Waals surface area contributed by atoms with Crippen LogP contribution in [0.2, 0.25) is 0 Å². The van der Waals surface area contributed by atoms with Crippen molar-refractivity contribution >= 4 is 21.8 Å². The predicted octanol–water partition coefficient (Wildman–Crippen LogP) is 4.22. The summed E-state index contributed by atoms with van der Waals surface area (Å²) in [5, 5.41) is 0. The molecule has 0 aromatic heterocycles. The van der Waals surface area contributed by atoms with E-state index in [1.54, 1.807) is 6.07 Å². The summed E-state index contributed by atoms with van der Waals surface area (Å²) < 4.78 is 13.6. The third kappa shape index (κ3) is 3.00. The molecule has 2 aromatic rings. The third-order valence-electron chi connectivity index (χ3n) is 3.91. The molecule has 0 N–H and O–H groups in total. The van der Waals surface area contributed by atoms with Gasteiger partial charge in [-0.1, -0.05) is 30.3 Å². The average molecular weight is 348 g/mol. The fourth-order valence-corrected chi connectivity index (χ4v) is 3.13. The van der Waals surface area contributed by atoms with Crippen LogP contribution in [0.15, 0.2) is 53.0 Å². The van der Waals surface area contributed by atoms with E-state index in [1.165, 1.54) is 17.7 Å². The number of carbonyl (C=O) groups excluding carboxylic acids is 1. The lowest BCUT2D eigenvalue weighted by Crippen LogP contribution is -2.28. The van der Waals surface area contributed by atoms with Crippen molar-refractivity contribution in [3.63, 3.8) is 0 Å². The Kier molecular flexibility index (Phi) is 4.06. The second kappa shape index (κ2) is 5.98. The molecule has 0 radical (unpaired) electrons. The number of hydrogen-bond acceptors (Lipinski definition) is 1. The van der Waals surface area contributed by atoms with Crippen LogP contribution < -0.4 is 0 Å². The normalized spacial score (nSPS) is 18.0. The first kappa shape index (κ1) is 14.3. The molecule has 2 nitrogen and oxygen atoms in total. The minimum Gasteiger partial charge on any atom is -0.338 e. The van der Waals surface area contributed by atoms with E-state index in [0.717, 1.165) is 19.5 Å². The Balaban J connectivity index is 1.74. The van der Waals surface area contributed by atoms with E-state index in [4.69, 9.17) is 0 Å². The number of likely N-dealkylation sites (tertiary alicyclic amines) is 1. The van der Waals surface area contributed by atoms with Gasteiger partial charge in [0.15, 0.2) is 0 Å². The van der Waals surface area contributed by atoms with Gasteiger partial charge < -0.3 is 4.90 Å². The van der Waals surface area contributed by atoms with Gasteiger partial charge in [-0.3, -0.25) is 4.79 Å². The van der Waals surface area contributed by atoms with Gasteiger partial charge in [-0.2, -0.15) is 0 Å². The van der Waals surface area contributed by atoms with Gasteiger partial charge in [0.25, 0.3) is 5.91 Å². The summed E-state index contributed by atoms with van der Waals surface area (Å²) in [6.07, 6.45) is 0.970. The molecule has 1 aliphatic rings. The van der Waals surface area contributed by atoms with Crippen LogP contribution in [-0.4, -0.2) is 23.9 Å². The lowest BCUT2D eigenvalue weighted by molar-refractivity contribution is 0.0790. The summed E-state index contributed by atoms with van der Waals surface area (Å²) in [4.78, 5) is 14.3. The largest absolute Gasteiger partial charge is 0.338 e. The van der Waals surface area contributed by atoms with Crippen LogP contribution in [0.5, 0.6) is 0 Å². The van der Waals surface area contributed by atoms with Crippen LogP contribution >= 0.6 is 15.9 Å². The average Bonchev–Trinajstić information content (AvgIpc) is 3.00. The molecular formula is C17H15BrFNO. The highest BCUT2D eigenvalue weighted by molar-refractivity contribution is 9.10. The van der Waals surface area contributed by atoms with Gasteiger partial charge in [-0.05, 0) is 46.1 Å². The number of halogens is 2. The fraction of sp³-hybridized carbons (Fsp3) is 0.235. The molecule has 0 aliphatic carbocycles. The molecule has 4 heteroatoms. The predicted molar refractivity (Wildman–Crippen MR) is 83.8 cm³/mol. The quantitative estimate of drug-likeness (QED) is 0.796. The van der Waals surface area contributed by atoms with Gasteiger partial charge in [0.2, 0.25) is 0 Å². The Hall–Kier alpha value is -1.68. The first-order valence-corrected chi connectivity index (χ1v) is 7.74. The zero-order valence-electron chi connectivity index (χ0n) is 11.4. The van der Waals surface area contributed by atoms with Crippen LogP contribution in [0.4, 0.5) is 4.39 Å². The molecule has 0 saturated carbocycles. The van der Waals surface area contributed by atoms with Crippen LogP contribution in [0.1, 0.15) is 28.3 Å². The third-order valence-corrected chi connectivity index (χ3v) is 4.52. The maximum atomic E-state index is 13.3. The maximum Gasteiger partial charge on any atom is 0.253 e. The number of carbonyl (C=O) groups is 1. The van der Waals surface area contributed by atoms with E-state index < -0.39 is 0 Å². The maximum absolute atomic E-state index is 13.3. The molecule has 1 saturated heterocycles. The zero-order valence-corrected chi connectivity index (χ0v) is 13.0. The van der Waals surface area contributed by atoms with Crippen molar-refractivity contribution in [2.45, 2.75) is 12.3 Å². The van der Waals surface area contributed by atoms with Gasteiger partial charge in [0, 0.05) is 24.6 Å². The Morgan fingerprint density at radius 3 is 2.67 bits per heavy atom. The molecule has 1 fully saturated rings. The number of hydrogen-bond donors (Lipinski definition) is 0. The number of rotatable bonds is 2. The van der Waals surface area contributed by atoms with Crippen molar-refractivity contribution in [2.24, 2.45) is 0 Å². The molecule has 1 heterocycles. The molecule has 21 heavy (non-hydrogen) atoms. The standard InChI is InChI=1S/C17H15BrFNO/c18-15-10-13(6-7-16(15)19)17(21)20-9-8-14(11-20)12-4-2-1-3-5-12/h1-7,10,14H,8-9,11H2. The van der Waals surface area contributed by atoms with Crippen molar-refractivity contribution in [1.82, 2.24) is 4.90 Å².